The molecule has 3 aliphatic heterocycles. The quantitative estimate of drug-likeness (QED) is 0.314. The Kier molecular flexibility index (Phi) is 11.9. The Morgan fingerprint density at radius 1 is 1.02 bits per heavy atom. The summed E-state index contributed by atoms with van der Waals surface area (Å²) in [5.41, 5.74) is 2.57. The summed E-state index contributed by atoms with van der Waals surface area (Å²) in [6, 6.07) is 11.9. The van der Waals surface area contributed by atoms with Crippen LogP contribution in [0.4, 0.5) is 0 Å². The van der Waals surface area contributed by atoms with Crippen molar-refractivity contribution in [3.8, 4) is 6.07 Å². The van der Waals surface area contributed by atoms with Crippen molar-refractivity contribution in [2.24, 2.45) is 17.3 Å². The van der Waals surface area contributed by atoms with E-state index in [4.69, 9.17) is 9.47 Å². The molecule has 9 nitrogen and oxygen atoms in total. The molecule has 2 saturated carbocycles. The Balaban J connectivity index is 1.27. The number of methoxy groups -OCH3 is 1. The van der Waals surface area contributed by atoms with Crippen LogP contribution in [0.3, 0.4) is 0 Å². The van der Waals surface area contributed by atoms with E-state index >= 15 is 0 Å². The van der Waals surface area contributed by atoms with Gasteiger partial charge in [0, 0.05) is 50.2 Å². The molecule has 5 fully saturated rings. The second kappa shape index (κ2) is 16.4. The van der Waals surface area contributed by atoms with Crippen LogP contribution in [-0.4, -0.2) is 97.7 Å². The standard InChI is InChI=1S/C42H64N6O3/c1-4-38(49)48-27-26-47(29-33(48)21-24-43)42(32-15-9-7-5-6-8-10-16-32)36-20-23-41(22-19-31-14-11-12-18-35(31)39(41)50-3)28-37(36)44-40(45-42)51-30-34-17-13-25-46(34)2/h4,11-12,14,18,32-34,36-37,39-40,44-45H,1,5-10,13,15-17,19-23,25-30H2,2-3H3/t33?,34?,36?,37?,39?,40?,41-,42?/m0/s1. The molecule has 1 spiro atoms. The highest BCUT2D eigenvalue weighted by Gasteiger charge is 2.61. The van der Waals surface area contributed by atoms with Gasteiger partial charge in [0.1, 0.15) is 0 Å². The Bertz CT molecular complexity index is 1390. The van der Waals surface area contributed by atoms with Crippen LogP contribution < -0.4 is 10.6 Å². The Morgan fingerprint density at radius 2 is 1.80 bits per heavy atom. The molecule has 8 atom stereocenters. The number of benzene rings is 1. The highest BCUT2D eigenvalue weighted by atomic mass is 16.5. The van der Waals surface area contributed by atoms with Crippen LogP contribution in [0.1, 0.15) is 114 Å². The fourth-order valence-corrected chi connectivity index (χ4v) is 11.7. The molecule has 0 bridgehead atoms. The molecule has 0 aromatic heterocycles. The molecular weight excluding hydrogens is 637 g/mol. The fourth-order valence-electron chi connectivity index (χ4n) is 11.7. The van der Waals surface area contributed by atoms with Gasteiger partial charge in [-0.3, -0.25) is 20.3 Å². The molecule has 9 heteroatoms. The maximum Gasteiger partial charge on any atom is 0.246 e. The van der Waals surface area contributed by atoms with E-state index in [0.717, 1.165) is 45.2 Å². The van der Waals surface area contributed by atoms with Gasteiger partial charge in [0.2, 0.25) is 5.91 Å². The Morgan fingerprint density at radius 3 is 2.53 bits per heavy atom. The molecule has 1 aromatic rings. The van der Waals surface area contributed by atoms with Gasteiger partial charge < -0.3 is 19.3 Å². The summed E-state index contributed by atoms with van der Waals surface area (Å²) >= 11 is 0. The van der Waals surface area contributed by atoms with E-state index < -0.39 is 0 Å². The molecule has 1 amide bonds. The number of nitrogens with zero attached hydrogens (tertiary/aromatic N) is 4. The first-order valence-electron chi connectivity index (χ1n) is 20.4. The normalized spacial score (nSPS) is 37.1. The molecule has 7 rings (SSSR count). The molecule has 6 aliphatic rings. The summed E-state index contributed by atoms with van der Waals surface area (Å²) in [5, 5.41) is 18.4. The highest BCUT2D eigenvalue weighted by molar-refractivity contribution is 5.87. The van der Waals surface area contributed by atoms with Crippen LogP contribution in [0, 0.1) is 28.6 Å². The first-order valence-corrected chi connectivity index (χ1v) is 20.4. The topological polar surface area (TPSA) is 93.1 Å². The second-order valence-corrected chi connectivity index (χ2v) is 16.9. The van der Waals surface area contributed by atoms with Crippen molar-refractivity contribution in [1.82, 2.24) is 25.3 Å². The van der Waals surface area contributed by atoms with Crippen LogP contribution >= 0.6 is 0 Å². The Labute approximate surface area is 307 Å². The van der Waals surface area contributed by atoms with Crippen molar-refractivity contribution >= 4 is 5.91 Å². The zero-order valence-corrected chi connectivity index (χ0v) is 31.5. The number of ether oxygens (including phenoxy) is 2. The number of rotatable bonds is 8. The van der Waals surface area contributed by atoms with Gasteiger partial charge in [0.25, 0.3) is 0 Å². The van der Waals surface area contributed by atoms with Crippen molar-refractivity contribution in [1.29, 1.82) is 5.26 Å². The molecular formula is C42H64N6O3. The molecule has 280 valence electrons. The summed E-state index contributed by atoms with van der Waals surface area (Å²) in [7, 11) is 4.15. The minimum atomic E-state index is -0.305. The van der Waals surface area contributed by atoms with E-state index in [1.165, 1.54) is 81.4 Å². The third kappa shape index (κ3) is 7.31. The smallest absolute Gasteiger partial charge is 0.246 e. The lowest BCUT2D eigenvalue weighted by Crippen LogP contribution is -2.81. The third-order valence-electron chi connectivity index (χ3n) is 14.3. The van der Waals surface area contributed by atoms with Gasteiger partial charge in [-0.05, 0) is 94.5 Å². The SMILES string of the molecule is C=CC(=O)N1CCN(C2(C3CCCCCCCC3)NC(OCC3CCCN3C)NC3C[C@]4(CCc5ccccc5C4OC)CCC32)CC1CC#N. The number of amides is 1. The van der Waals surface area contributed by atoms with E-state index in [1.54, 1.807) is 0 Å². The van der Waals surface area contributed by atoms with Crippen molar-refractivity contribution in [3.63, 3.8) is 0 Å². The molecule has 3 aliphatic carbocycles. The zero-order valence-electron chi connectivity index (χ0n) is 31.5. The average molecular weight is 701 g/mol. The fraction of sp³-hybridized carbons (Fsp3) is 0.762. The molecule has 7 unspecified atom stereocenters. The molecule has 51 heavy (non-hydrogen) atoms. The minimum absolute atomic E-state index is 0.0628. The highest BCUT2D eigenvalue weighted by Crippen LogP contribution is 2.58. The molecule has 2 N–H and O–H groups in total. The van der Waals surface area contributed by atoms with E-state index in [0.29, 0.717) is 44.0 Å². The van der Waals surface area contributed by atoms with Gasteiger partial charge >= 0.3 is 0 Å². The van der Waals surface area contributed by atoms with Crippen LogP contribution in [0.5, 0.6) is 0 Å². The minimum Gasteiger partial charge on any atom is -0.376 e. The summed E-state index contributed by atoms with van der Waals surface area (Å²) in [6.07, 6.45) is 19.6. The van der Waals surface area contributed by atoms with Gasteiger partial charge in [0.05, 0.1) is 36.9 Å². The predicted octanol–water partition coefficient (Wildman–Crippen LogP) is 6.12. The molecule has 3 heterocycles. The number of aryl methyl sites for hydroxylation is 1. The number of fused-ring (bicyclic) bond motifs is 2. The number of piperazine rings is 1. The van der Waals surface area contributed by atoms with Gasteiger partial charge in [-0.2, -0.15) is 5.26 Å². The number of hydrogen-bond acceptors (Lipinski definition) is 8. The third-order valence-corrected chi connectivity index (χ3v) is 14.3. The first kappa shape index (κ1) is 37.0. The van der Waals surface area contributed by atoms with Gasteiger partial charge in [-0.25, -0.2) is 0 Å². The largest absolute Gasteiger partial charge is 0.376 e. The van der Waals surface area contributed by atoms with E-state index in [9.17, 15) is 10.1 Å². The lowest BCUT2D eigenvalue weighted by Gasteiger charge is -2.65. The van der Waals surface area contributed by atoms with E-state index in [-0.39, 0.29) is 41.5 Å². The van der Waals surface area contributed by atoms with Gasteiger partial charge in [-0.15, -0.1) is 0 Å². The molecule has 1 aromatic carbocycles. The Hall–Kier alpha value is -2.32. The maximum absolute atomic E-state index is 13.1. The van der Waals surface area contributed by atoms with Crippen molar-refractivity contribution in [2.45, 2.75) is 139 Å². The summed E-state index contributed by atoms with van der Waals surface area (Å²) < 4.78 is 13.5. The monoisotopic (exact) mass is 701 g/mol. The molecule has 3 saturated heterocycles. The summed E-state index contributed by atoms with van der Waals surface area (Å²) in [5.74, 6) is 0.753. The van der Waals surface area contributed by atoms with Crippen molar-refractivity contribution in [2.75, 3.05) is 46.9 Å². The predicted molar refractivity (Wildman–Crippen MR) is 200 cm³/mol. The number of hydrogen-bond donors (Lipinski definition) is 2. The van der Waals surface area contributed by atoms with E-state index in [2.05, 4.69) is 64.4 Å². The van der Waals surface area contributed by atoms with Crippen LogP contribution in [0.15, 0.2) is 36.9 Å². The average Bonchev–Trinajstić information content (AvgIpc) is 3.63. The number of likely N-dealkylation sites (tertiary alicyclic amines) is 1. The molecule has 0 radical (unpaired) electrons. The zero-order chi connectivity index (χ0) is 35.4. The number of nitrogens with one attached hydrogen (secondary N) is 2. The van der Waals surface area contributed by atoms with Gasteiger partial charge in [0.15, 0.2) is 6.35 Å². The summed E-state index contributed by atoms with van der Waals surface area (Å²) in [4.78, 5) is 20.2. The number of carbonyl (C=O) groups is 1. The van der Waals surface area contributed by atoms with Crippen molar-refractivity contribution < 1.29 is 14.3 Å². The van der Waals surface area contributed by atoms with Crippen LogP contribution in [0.25, 0.3) is 0 Å². The van der Waals surface area contributed by atoms with Crippen LogP contribution in [-0.2, 0) is 20.7 Å². The second-order valence-electron chi connectivity index (χ2n) is 16.9. The lowest BCUT2D eigenvalue weighted by molar-refractivity contribution is -0.194. The van der Waals surface area contributed by atoms with E-state index in [1.807, 2.05) is 12.0 Å². The number of carbonyl (C=O) groups excluding carboxylic acids is 1. The van der Waals surface area contributed by atoms with Gasteiger partial charge in [-0.1, -0.05) is 69.4 Å². The first-order chi connectivity index (χ1) is 24.9. The summed E-state index contributed by atoms with van der Waals surface area (Å²) in [6.45, 7) is 7.73. The van der Waals surface area contributed by atoms with Crippen molar-refractivity contribution in [3.05, 3.63) is 48.0 Å². The lowest BCUT2D eigenvalue weighted by atomic mass is 9.55. The number of nitriles is 1. The number of likely N-dealkylation sites (N-methyl/N-ethyl adjacent to an activating group) is 1. The van der Waals surface area contributed by atoms with Crippen LogP contribution in [0.2, 0.25) is 0 Å². The maximum atomic E-state index is 13.1.